The Labute approximate surface area is 109 Å². The lowest BCUT2D eigenvalue weighted by Crippen LogP contribution is -2.28. The molecule has 2 nitrogen and oxygen atoms in total. The predicted octanol–water partition coefficient (Wildman–Crippen LogP) is 3.21. The third kappa shape index (κ3) is 3.69. The lowest BCUT2D eigenvalue weighted by atomic mass is 10.00. The molecule has 0 spiro atoms. The number of hydrogen-bond donors (Lipinski definition) is 2. The highest BCUT2D eigenvalue weighted by Gasteiger charge is 2.08. The minimum Gasteiger partial charge on any atom is -0.271 e. The molecule has 3 N–H and O–H groups in total. The molecular weight excluding hydrogens is 220 g/mol. The van der Waals surface area contributed by atoms with Gasteiger partial charge in [-0.05, 0) is 30.4 Å². The van der Waals surface area contributed by atoms with Crippen LogP contribution in [-0.2, 0) is 6.42 Å². The molecular formula is C16H20N2. The van der Waals surface area contributed by atoms with Crippen molar-refractivity contribution in [3.8, 4) is 0 Å². The van der Waals surface area contributed by atoms with Crippen LogP contribution < -0.4 is 11.3 Å². The van der Waals surface area contributed by atoms with Crippen molar-refractivity contribution in [3.63, 3.8) is 0 Å². The van der Waals surface area contributed by atoms with Crippen molar-refractivity contribution >= 4 is 0 Å². The van der Waals surface area contributed by atoms with E-state index in [0.29, 0.717) is 0 Å². The SMILES string of the molecule is NNC(CCCc1ccccc1)c1ccccc1. The van der Waals surface area contributed by atoms with Crippen LogP contribution in [0.4, 0.5) is 0 Å². The third-order valence-corrected chi connectivity index (χ3v) is 3.20. The molecule has 0 aliphatic heterocycles. The van der Waals surface area contributed by atoms with Crippen molar-refractivity contribution in [1.29, 1.82) is 0 Å². The van der Waals surface area contributed by atoms with Crippen LogP contribution in [0.3, 0.4) is 0 Å². The Bertz CT molecular complexity index is 439. The maximum absolute atomic E-state index is 5.63. The van der Waals surface area contributed by atoms with Gasteiger partial charge in [0.15, 0.2) is 0 Å². The fourth-order valence-corrected chi connectivity index (χ4v) is 2.19. The van der Waals surface area contributed by atoms with Crippen molar-refractivity contribution < 1.29 is 0 Å². The Morgan fingerprint density at radius 1 is 0.889 bits per heavy atom. The maximum Gasteiger partial charge on any atom is 0.0460 e. The van der Waals surface area contributed by atoms with Gasteiger partial charge in [0.2, 0.25) is 0 Å². The van der Waals surface area contributed by atoms with Gasteiger partial charge in [-0.2, -0.15) is 0 Å². The minimum atomic E-state index is 0.245. The van der Waals surface area contributed by atoms with Gasteiger partial charge in [0, 0.05) is 6.04 Å². The number of benzene rings is 2. The van der Waals surface area contributed by atoms with Gasteiger partial charge >= 0.3 is 0 Å². The number of nitrogens with one attached hydrogen (secondary N) is 1. The molecule has 1 atom stereocenters. The largest absolute Gasteiger partial charge is 0.271 e. The molecule has 1 unspecified atom stereocenters. The summed E-state index contributed by atoms with van der Waals surface area (Å²) in [5.74, 6) is 5.63. The smallest absolute Gasteiger partial charge is 0.0460 e. The van der Waals surface area contributed by atoms with Gasteiger partial charge in [0.1, 0.15) is 0 Å². The summed E-state index contributed by atoms with van der Waals surface area (Å²) < 4.78 is 0. The first-order valence-corrected chi connectivity index (χ1v) is 6.45. The second kappa shape index (κ2) is 6.94. The molecule has 0 amide bonds. The minimum absolute atomic E-state index is 0.245. The molecule has 2 aromatic carbocycles. The van der Waals surface area contributed by atoms with Crippen molar-refractivity contribution in [2.75, 3.05) is 0 Å². The molecule has 0 aromatic heterocycles. The Morgan fingerprint density at radius 2 is 1.50 bits per heavy atom. The van der Waals surface area contributed by atoms with Gasteiger partial charge < -0.3 is 0 Å². The summed E-state index contributed by atoms with van der Waals surface area (Å²) in [6, 6.07) is 21.2. The highest BCUT2D eigenvalue weighted by molar-refractivity contribution is 5.19. The van der Waals surface area contributed by atoms with Crippen LogP contribution in [-0.4, -0.2) is 0 Å². The normalized spacial score (nSPS) is 12.3. The van der Waals surface area contributed by atoms with Gasteiger partial charge in [-0.3, -0.25) is 11.3 Å². The zero-order chi connectivity index (χ0) is 12.6. The summed E-state index contributed by atoms with van der Waals surface area (Å²) in [6.45, 7) is 0. The summed E-state index contributed by atoms with van der Waals surface area (Å²) in [5.41, 5.74) is 5.55. The number of rotatable bonds is 6. The molecule has 0 fully saturated rings. The molecule has 2 aromatic rings. The summed E-state index contributed by atoms with van der Waals surface area (Å²) in [4.78, 5) is 0. The van der Waals surface area contributed by atoms with Crippen LogP contribution in [0.2, 0.25) is 0 Å². The zero-order valence-electron chi connectivity index (χ0n) is 10.5. The van der Waals surface area contributed by atoms with E-state index in [4.69, 9.17) is 5.84 Å². The lowest BCUT2D eigenvalue weighted by Gasteiger charge is -2.16. The van der Waals surface area contributed by atoms with Gasteiger partial charge in [0.05, 0.1) is 0 Å². The predicted molar refractivity (Wildman–Crippen MR) is 75.9 cm³/mol. The molecule has 0 saturated carbocycles. The van der Waals surface area contributed by atoms with Crippen LogP contribution in [0.1, 0.15) is 30.0 Å². The maximum atomic E-state index is 5.63. The van der Waals surface area contributed by atoms with Crippen LogP contribution in [0, 0.1) is 0 Å². The monoisotopic (exact) mass is 240 g/mol. The van der Waals surface area contributed by atoms with Crippen LogP contribution in [0.25, 0.3) is 0 Å². The molecule has 18 heavy (non-hydrogen) atoms. The second-order valence-corrected chi connectivity index (χ2v) is 4.51. The van der Waals surface area contributed by atoms with E-state index in [9.17, 15) is 0 Å². The zero-order valence-corrected chi connectivity index (χ0v) is 10.5. The molecule has 0 heterocycles. The summed E-state index contributed by atoms with van der Waals surface area (Å²) >= 11 is 0. The summed E-state index contributed by atoms with van der Waals surface area (Å²) in [5, 5.41) is 0. The average molecular weight is 240 g/mol. The van der Waals surface area contributed by atoms with E-state index in [1.165, 1.54) is 11.1 Å². The van der Waals surface area contributed by atoms with Crippen molar-refractivity contribution in [3.05, 3.63) is 71.8 Å². The van der Waals surface area contributed by atoms with Gasteiger partial charge in [0.25, 0.3) is 0 Å². The van der Waals surface area contributed by atoms with E-state index in [2.05, 4.69) is 60.0 Å². The Morgan fingerprint density at radius 3 is 2.11 bits per heavy atom. The van der Waals surface area contributed by atoms with E-state index in [1.54, 1.807) is 0 Å². The first-order valence-electron chi connectivity index (χ1n) is 6.45. The van der Waals surface area contributed by atoms with Gasteiger partial charge in [-0.25, -0.2) is 0 Å². The van der Waals surface area contributed by atoms with Crippen molar-refractivity contribution in [2.45, 2.75) is 25.3 Å². The molecule has 0 aliphatic rings. The van der Waals surface area contributed by atoms with Crippen LogP contribution >= 0.6 is 0 Å². The third-order valence-electron chi connectivity index (χ3n) is 3.20. The number of hydrazine groups is 1. The summed E-state index contributed by atoms with van der Waals surface area (Å²) in [7, 11) is 0. The molecule has 94 valence electrons. The Balaban J connectivity index is 1.85. The van der Waals surface area contributed by atoms with Gasteiger partial charge in [-0.15, -0.1) is 0 Å². The first-order chi connectivity index (χ1) is 8.90. The van der Waals surface area contributed by atoms with E-state index in [0.717, 1.165) is 19.3 Å². The molecule has 2 rings (SSSR count). The quantitative estimate of drug-likeness (QED) is 0.601. The Kier molecular flexibility index (Phi) is 4.94. The Hall–Kier alpha value is -1.64. The second-order valence-electron chi connectivity index (χ2n) is 4.51. The summed E-state index contributed by atoms with van der Waals surface area (Å²) in [6.07, 6.45) is 3.29. The first kappa shape index (κ1) is 12.8. The fourth-order valence-electron chi connectivity index (χ4n) is 2.19. The highest BCUT2D eigenvalue weighted by Crippen LogP contribution is 2.18. The fraction of sp³-hybridized carbons (Fsp3) is 0.250. The topological polar surface area (TPSA) is 38.0 Å². The van der Waals surface area contributed by atoms with E-state index < -0.39 is 0 Å². The molecule has 0 aliphatic carbocycles. The van der Waals surface area contributed by atoms with Crippen molar-refractivity contribution in [2.24, 2.45) is 5.84 Å². The molecule has 0 saturated heterocycles. The number of aryl methyl sites for hydroxylation is 1. The van der Waals surface area contributed by atoms with Crippen molar-refractivity contribution in [1.82, 2.24) is 5.43 Å². The number of nitrogens with two attached hydrogens (primary N) is 1. The molecule has 0 radical (unpaired) electrons. The lowest BCUT2D eigenvalue weighted by molar-refractivity contribution is 0.498. The van der Waals surface area contributed by atoms with E-state index >= 15 is 0 Å². The standard InChI is InChI=1S/C16H20N2/c17-18-16(15-11-5-2-6-12-15)13-7-10-14-8-3-1-4-9-14/h1-6,8-9,11-12,16,18H,7,10,13,17H2. The van der Waals surface area contributed by atoms with Crippen LogP contribution in [0.15, 0.2) is 60.7 Å². The van der Waals surface area contributed by atoms with E-state index in [-0.39, 0.29) is 6.04 Å². The molecule has 2 heteroatoms. The number of hydrogen-bond acceptors (Lipinski definition) is 2. The average Bonchev–Trinajstić information content (AvgIpc) is 2.46. The van der Waals surface area contributed by atoms with Gasteiger partial charge in [-0.1, -0.05) is 60.7 Å². The molecule has 0 bridgehead atoms. The van der Waals surface area contributed by atoms with E-state index in [1.807, 2.05) is 6.07 Å². The highest BCUT2D eigenvalue weighted by atomic mass is 15.2. The van der Waals surface area contributed by atoms with Crippen LogP contribution in [0.5, 0.6) is 0 Å².